The molecule has 0 N–H and O–H groups in total. The number of likely N-dealkylation sites (N-methyl/N-ethyl adjacent to an activating group) is 1. The first-order valence-corrected chi connectivity index (χ1v) is 8.79. The predicted octanol–water partition coefficient (Wildman–Crippen LogP) is 3.86. The van der Waals surface area contributed by atoms with Crippen molar-refractivity contribution >= 4 is 17.2 Å². The molecule has 0 radical (unpaired) electrons. The van der Waals surface area contributed by atoms with Crippen LogP contribution in [0.3, 0.4) is 0 Å². The number of rotatable bonds is 6. The molecule has 1 heterocycles. The second-order valence-electron chi connectivity index (χ2n) is 7.08. The van der Waals surface area contributed by atoms with Crippen LogP contribution in [0.25, 0.3) is 0 Å². The maximum absolute atomic E-state index is 12.6. The molecule has 1 aliphatic rings. The largest absolute Gasteiger partial charge is 0.493 e. The molecule has 28 heavy (non-hydrogen) atoms. The van der Waals surface area contributed by atoms with Gasteiger partial charge in [-0.15, -0.1) is 0 Å². The smallest absolute Gasteiger partial charge is 0.273 e. The van der Waals surface area contributed by atoms with Gasteiger partial charge in [0.05, 0.1) is 18.1 Å². The maximum Gasteiger partial charge on any atom is 0.273 e. The fourth-order valence-electron chi connectivity index (χ4n) is 3.49. The first kappa shape index (κ1) is 19.4. The van der Waals surface area contributed by atoms with Crippen molar-refractivity contribution in [3.8, 4) is 11.5 Å². The van der Waals surface area contributed by atoms with E-state index in [1.807, 2.05) is 30.1 Å². The van der Waals surface area contributed by atoms with Gasteiger partial charge in [0.25, 0.3) is 5.69 Å². The normalized spacial score (nSPS) is 16.0. The number of anilines is 1. The van der Waals surface area contributed by atoms with Crippen molar-refractivity contribution < 1.29 is 19.2 Å². The predicted molar refractivity (Wildman–Crippen MR) is 106 cm³/mol. The SMILES string of the molecule is COc1cc([N+](=O)[O-])ccc1OCC(=O)/C=C1/N(C)c2ccccc2C1(C)C. The first-order chi connectivity index (χ1) is 13.3. The van der Waals surface area contributed by atoms with Crippen LogP contribution >= 0.6 is 0 Å². The van der Waals surface area contributed by atoms with Gasteiger partial charge < -0.3 is 14.4 Å². The molecule has 3 rings (SSSR count). The van der Waals surface area contributed by atoms with Crippen molar-refractivity contribution in [2.75, 3.05) is 25.7 Å². The summed E-state index contributed by atoms with van der Waals surface area (Å²) >= 11 is 0. The molecule has 0 amide bonds. The molecule has 7 heteroatoms. The molecule has 0 saturated heterocycles. The van der Waals surface area contributed by atoms with Gasteiger partial charge in [0.2, 0.25) is 0 Å². The van der Waals surface area contributed by atoms with Gasteiger partial charge >= 0.3 is 0 Å². The van der Waals surface area contributed by atoms with Gasteiger partial charge in [0.1, 0.15) is 0 Å². The van der Waals surface area contributed by atoms with E-state index in [4.69, 9.17) is 9.47 Å². The molecule has 0 aliphatic carbocycles. The Balaban J connectivity index is 1.77. The Morgan fingerprint density at radius 2 is 1.93 bits per heavy atom. The summed E-state index contributed by atoms with van der Waals surface area (Å²) in [5, 5.41) is 10.9. The molecule has 7 nitrogen and oxygen atoms in total. The highest BCUT2D eigenvalue weighted by Crippen LogP contribution is 2.46. The third-order valence-corrected chi connectivity index (χ3v) is 4.97. The van der Waals surface area contributed by atoms with E-state index < -0.39 is 4.92 Å². The van der Waals surface area contributed by atoms with Crippen molar-refractivity contribution in [3.63, 3.8) is 0 Å². The summed E-state index contributed by atoms with van der Waals surface area (Å²) in [6.45, 7) is 3.96. The molecule has 0 aromatic heterocycles. The Kier molecular flexibility index (Phi) is 5.09. The van der Waals surface area contributed by atoms with E-state index in [1.165, 1.54) is 25.3 Å². The molecule has 2 aromatic carbocycles. The Bertz CT molecular complexity index is 965. The standard InChI is InChI=1S/C21H22N2O5/c1-21(2)16-7-5-6-8-17(16)22(3)20(21)12-15(24)13-28-18-10-9-14(23(25)26)11-19(18)27-4/h5-12H,13H2,1-4H3/b20-12+. The molecular formula is C21H22N2O5. The number of hydrogen-bond acceptors (Lipinski definition) is 6. The van der Waals surface area contributed by atoms with Crippen molar-refractivity contribution in [2.24, 2.45) is 0 Å². The summed E-state index contributed by atoms with van der Waals surface area (Å²) in [6.07, 6.45) is 1.60. The van der Waals surface area contributed by atoms with E-state index in [0.717, 1.165) is 16.9 Å². The number of fused-ring (bicyclic) bond motifs is 1. The number of para-hydroxylation sites is 1. The van der Waals surface area contributed by atoms with Gasteiger partial charge in [0.15, 0.2) is 23.9 Å². The van der Waals surface area contributed by atoms with Crippen molar-refractivity contribution in [2.45, 2.75) is 19.3 Å². The molecule has 0 atom stereocenters. The number of carbonyl (C=O) groups is 1. The van der Waals surface area contributed by atoms with Crippen LogP contribution in [0.1, 0.15) is 19.4 Å². The Hall–Kier alpha value is -3.35. The van der Waals surface area contributed by atoms with E-state index in [9.17, 15) is 14.9 Å². The lowest BCUT2D eigenvalue weighted by atomic mass is 9.83. The summed E-state index contributed by atoms with van der Waals surface area (Å²) in [5.41, 5.74) is 2.72. The number of hydrogen-bond donors (Lipinski definition) is 0. The zero-order valence-corrected chi connectivity index (χ0v) is 16.3. The van der Waals surface area contributed by atoms with Crippen molar-refractivity contribution in [1.82, 2.24) is 0 Å². The Morgan fingerprint density at radius 3 is 2.57 bits per heavy atom. The number of methoxy groups -OCH3 is 1. The molecule has 1 aliphatic heterocycles. The minimum Gasteiger partial charge on any atom is -0.493 e. The zero-order valence-electron chi connectivity index (χ0n) is 16.3. The lowest BCUT2D eigenvalue weighted by molar-refractivity contribution is -0.384. The van der Waals surface area contributed by atoms with E-state index >= 15 is 0 Å². The summed E-state index contributed by atoms with van der Waals surface area (Å²) in [5.74, 6) is 0.283. The summed E-state index contributed by atoms with van der Waals surface area (Å²) in [4.78, 5) is 24.9. The third-order valence-electron chi connectivity index (χ3n) is 4.97. The fourth-order valence-corrected chi connectivity index (χ4v) is 3.49. The molecule has 2 aromatic rings. The van der Waals surface area contributed by atoms with E-state index in [2.05, 4.69) is 19.9 Å². The second-order valence-corrected chi connectivity index (χ2v) is 7.08. The van der Waals surface area contributed by atoms with Gasteiger partial charge in [-0.2, -0.15) is 0 Å². The number of ether oxygens (including phenoxy) is 2. The van der Waals surface area contributed by atoms with Gasteiger partial charge in [-0.05, 0) is 17.7 Å². The Morgan fingerprint density at radius 1 is 1.21 bits per heavy atom. The summed E-state index contributed by atoms with van der Waals surface area (Å²) in [7, 11) is 3.33. The molecule has 146 valence electrons. The van der Waals surface area contributed by atoms with Crippen LogP contribution in [0, 0.1) is 10.1 Å². The van der Waals surface area contributed by atoms with Crippen LogP contribution in [0.2, 0.25) is 0 Å². The van der Waals surface area contributed by atoms with Crippen LogP contribution in [0.4, 0.5) is 11.4 Å². The minimum atomic E-state index is -0.516. The second kappa shape index (κ2) is 7.34. The average molecular weight is 382 g/mol. The monoisotopic (exact) mass is 382 g/mol. The highest BCUT2D eigenvalue weighted by Gasteiger charge is 2.38. The minimum absolute atomic E-state index is 0.107. The molecule has 0 unspecified atom stereocenters. The van der Waals surface area contributed by atoms with Gasteiger partial charge in [0, 0.05) is 36.0 Å². The fraction of sp³-hybridized carbons (Fsp3) is 0.286. The average Bonchev–Trinajstić information content (AvgIpc) is 2.87. The van der Waals surface area contributed by atoms with Crippen LogP contribution in [0.15, 0.2) is 54.2 Å². The summed E-state index contributed by atoms with van der Waals surface area (Å²) in [6, 6.07) is 12.1. The van der Waals surface area contributed by atoms with Crippen molar-refractivity contribution in [3.05, 3.63) is 69.9 Å². The molecule has 0 fully saturated rings. The number of allylic oxidation sites excluding steroid dienone is 1. The van der Waals surface area contributed by atoms with Gasteiger partial charge in [-0.3, -0.25) is 14.9 Å². The number of benzene rings is 2. The molecule has 0 bridgehead atoms. The van der Waals surface area contributed by atoms with E-state index in [0.29, 0.717) is 0 Å². The topological polar surface area (TPSA) is 81.9 Å². The number of nitrogens with zero attached hydrogens (tertiary/aromatic N) is 2. The highest BCUT2D eigenvalue weighted by molar-refractivity contribution is 5.93. The maximum atomic E-state index is 12.6. The van der Waals surface area contributed by atoms with Gasteiger partial charge in [-0.1, -0.05) is 32.0 Å². The molecule has 0 saturated carbocycles. The Labute approximate surface area is 163 Å². The first-order valence-electron chi connectivity index (χ1n) is 8.79. The summed E-state index contributed by atoms with van der Waals surface area (Å²) < 4.78 is 10.7. The van der Waals surface area contributed by atoms with Crippen LogP contribution in [-0.4, -0.2) is 31.5 Å². The lowest BCUT2D eigenvalue weighted by Gasteiger charge is -2.24. The van der Waals surface area contributed by atoms with Crippen molar-refractivity contribution in [1.29, 1.82) is 0 Å². The zero-order chi connectivity index (χ0) is 20.5. The van der Waals surface area contributed by atoms with Crippen LogP contribution in [0.5, 0.6) is 11.5 Å². The van der Waals surface area contributed by atoms with Gasteiger partial charge in [-0.25, -0.2) is 0 Å². The quantitative estimate of drug-likeness (QED) is 0.429. The lowest BCUT2D eigenvalue weighted by Crippen LogP contribution is -2.25. The highest BCUT2D eigenvalue weighted by atomic mass is 16.6. The van der Waals surface area contributed by atoms with Crippen LogP contribution in [-0.2, 0) is 10.2 Å². The molecular weight excluding hydrogens is 360 g/mol. The number of nitro benzene ring substituents is 1. The number of ketones is 1. The van der Waals surface area contributed by atoms with E-state index in [1.54, 1.807) is 6.08 Å². The third kappa shape index (κ3) is 3.43. The number of carbonyl (C=O) groups excluding carboxylic acids is 1. The van der Waals surface area contributed by atoms with E-state index in [-0.39, 0.29) is 35.0 Å². The van der Waals surface area contributed by atoms with Crippen LogP contribution < -0.4 is 14.4 Å². The number of non-ortho nitro benzene ring substituents is 1. The number of nitro groups is 1. The molecule has 0 spiro atoms.